The van der Waals surface area contributed by atoms with Crippen LogP contribution >= 0.6 is 0 Å². The fraction of sp³-hybridized carbons (Fsp3) is 0.231. The molecule has 0 atom stereocenters. The smallest absolute Gasteiger partial charge is 0.433 e. The molecule has 1 aromatic carbocycles. The number of hydrogen-bond acceptors (Lipinski definition) is 3. The van der Waals surface area contributed by atoms with Crippen LogP contribution in [0, 0.1) is 0 Å². The summed E-state index contributed by atoms with van der Waals surface area (Å²) in [4.78, 5) is 11.8. The SMILES string of the molecule is O=C(Cn1ccc(C(F)(F)F)n1)Nc1ccccc1OC(F)F. The molecule has 2 rings (SSSR count). The molecule has 0 saturated carbocycles. The van der Waals surface area contributed by atoms with Gasteiger partial charge >= 0.3 is 12.8 Å². The Bertz CT molecular complexity index is 684. The molecule has 0 fully saturated rings. The third kappa shape index (κ3) is 4.66. The molecule has 0 spiro atoms. The van der Waals surface area contributed by atoms with Crippen LogP contribution in [0.15, 0.2) is 36.5 Å². The molecule has 23 heavy (non-hydrogen) atoms. The van der Waals surface area contributed by atoms with E-state index in [1.807, 2.05) is 0 Å². The van der Waals surface area contributed by atoms with E-state index in [0.29, 0.717) is 0 Å². The van der Waals surface area contributed by atoms with E-state index in [2.05, 4.69) is 15.2 Å². The molecule has 0 radical (unpaired) electrons. The van der Waals surface area contributed by atoms with E-state index in [1.54, 1.807) is 0 Å². The predicted octanol–water partition coefficient (Wildman–Crippen LogP) is 3.14. The molecule has 1 N–H and O–H groups in total. The molecule has 1 amide bonds. The number of alkyl halides is 5. The van der Waals surface area contributed by atoms with Gasteiger partial charge in [-0.05, 0) is 18.2 Å². The highest BCUT2D eigenvalue weighted by Crippen LogP contribution is 2.27. The monoisotopic (exact) mass is 335 g/mol. The van der Waals surface area contributed by atoms with E-state index in [4.69, 9.17) is 0 Å². The summed E-state index contributed by atoms with van der Waals surface area (Å²) in [5.41, 5.74) is -1.16. The first-order chi connectivity index (χ1) is 10.8. The normalized spacial score (nSPS) is 11.6. The Morgan fingerprint density at radius 3 is 2.57 bits per heavy atom. The van der Waals surface area contributed by atoms with Crippen LogP contribution in [0.25, 0.3) is 0 Å². The number of benzene rings is 1. The first-order valence-electron chi connectivity index (χ1n) is 6.20. The zero-order valence-electron chi connectivity index (χ0n) is 11.3. The van der Waals surface area contributed by atoms with Crippen molar-refractivity contribution in [3.05, 3.63) is 42.2 Å². The number of aromatic nitrogens is 2. The second-order valence-corrected chi connectivity index (χ2v) is 4.32. The minimum atomic E-state index is -4.61. The molecule has 124 valence electrons. The number of rotatable bonds is 5. The van der Waals surface area contributed by atoms with Crippen molar-refractivity contribution >= 4 is 11.6 Å². The number of nitrogens with zero attached hydrogens (tertiary/aromatic N) is 2. The summed E-state index contributed by atoms with van der Waals surface area (Å²) >= 11 is 0. The van der Waals surface area contributed by atoms with Crippen LogP contribution in [0.4, 0.5) is 27.6 Å². The number of amides is 1. The number of ether oxygens (including phenoxy) is 1. The van der Waals surface area contributed by atoms with Crippen molar-refractivity contribution in [2.45, 2.75) is 19.3 Å². The average Bonchev–Trinajstić information content (AvgIpc) is 2.89. The number of anilines is 1. The van der Waals surface area contributed by atoms with Gasteiger partial charge in [0.05, 0.1) is 5.69 Å². The first-order valence-corrected chi connectivity index (χ1v) is 6.20. The quantitative estimate of drug-likeness (QED) is 0.854. The molecule has 2 aromatic rings. The summed E-state index contributed by atoms with van der Waals surface area (Å²) in [6, 6.07) is 6.17. The third-order valence-electron chi connectivity index (χ3n) is 2.61. The maximum Gasteiger partial charge on any atom is 0.435 e. The largest absolute Gasteiger partial charge is 0.435 e. The van der Waals surface area contributed by atoms with Crippen molar-refractivity contribution in [1.82, 2.24) is 9.78 Å². The van der Waals surface area contributed by atoms with Gasteiger partial charge in [-0.15, -0.1) is 0 Å². The Hall–Kier alpha value is -2.65. The van der Waals surface area contributed by atoms with Crippen LogP contribution in [0.2, 0.25) is 0 Å². The maximum atomic E-state index is 12.4. The summed E-state index contributed by atoms with van der Waals surface area (Å²) in [6.07, 6.45) is -3.62. The Labute approximate surface area is 126 Å². The van der Waals surface area contributed by atoms with E-state index < -0.39 is 30.9 Å². The molecule has 0 aliphatic rings. The zero-order valence-corrected chi connectivity index (χ0v) is 11.3. The first kappa shape index (κ1) is 16.7. The molecular formula is C13H10F5N3O2. The van der Waals surface area contributed by atoms with Gasteiger partial charge in [0.2, 0.25) is 5.91 Å². The Balaban J connectivity index is 2.04. The maximum absolute atomic E-state index is 12.4. The molecule has 10 heteroatoms. The lowest BCUT2D eigenvalue weighted by molar-refractivity contribution is -0.141. The highest BCUT2D eigenvalue weighted by molar-refractivity contribution is 5.92. The topological polar surface area (TPSA) is 56.2 Å². The van der Waals surface area contributed by atoms with Gasteiger partial charge in [-0.1, -0.05) is 12.1 Å². The fourth-order valence-electron chi connectivity index (χ4n) is 1.71. The van der Waals surface area contributed by atoms with Crippen molar-refractivity contribution in [3.8, 4) is 5.75 Å². The number of para-hydroxylation sites is 2. The summed E-state index contributed by atoms with van der Waals surface area (Å²) < 4.78 is 66.7. The highest BCUT2D eigenvalue weighted by Gasteiger charge is 2.33. The van der Waals surface area contributed by atoms with Crippen LogP contribution in [0.5, 0.6) is 5.75 Å². The van der Waals surface area contributed by atoms with E-state index in [0.717, 1.165) is 16.9 Å². The Morgan fingerprint density at radius 1 is 1.26 bits per heavy atom. The summed E-state index contributed by atoms with van der Waals surface area (Å²) in [5, 5.41) is 5.49. The summed E-state index contributed by atoms with van der Waals surface area (Å²) in [7, 11) is 0. The summed E-state index contributed by atoms with van der Waals surface area (Å²) in [6.45, 7) is -3.59. The second-order valence-electron chi connectivity index (χ2n) is 4.32. The third-order valence-corrected chi connectivity index (χ3v) is 2.61. The number of carbonyl (C=O) groups is 1. The number of hydrogen-bond donors (Lipinski definition) is 1. The number of halogens is 5. The molecule has 1 heterocycles. The molecule has 1 aromatic heterocycles. The van der Waals surface area contributed by atoms with Gasteiger partial charge in [0.1, 0.15) is 12.3 Å². The van der Waals surface area contributed by atoms with Gasteiger partial charge in [0.25, 0.3) is 0 Å². The van der Waals surface area contributed by atoms with Crippen molar-refractivity contribution in [2.75, 3.05) is 5.32 Å². The van der Waals surface area contributed by atoms with Gasteiger partial charge < -0.3 is 10.1 Å². The van der Waals surface area contributed by atoms with Crippen LogP contribution in [-0.4, -0.2) is 22.3 Å². The van der Waals surface area contributed by atoms with Crippen LogP contribution in [0.3, 0.4) is 0 Å². The molecule has 0 saturated heterocycles. The van der Waals surface area contributed by atoms with Gasteiger partial charge in [-0.3, -0.25) is 9.48 Å². The minimum Gasteiger partial charge on any atom is -0.433 e. The summed E-state index contributed by atoms with van der Waals surface area (Å²) in [5.74, 6) is -1.00. The van der Waals surface area contributed by atoms with Crippen molar-refractivity contribution in [3.63, 3.8) is 0 Å². The number of nitrogens with one attached hydrogen (secondary N) is 1. The molecule has 0 aliphatic carbocycles. The molecular weight excluding hydrogens is 325 g/mol. The van der Waals surface area contributed by atoms with E-state index in [9.17, 15) is 26.7 Å². The van der Waals surface area contributed by atoms with Crippen LogP contribution in [0.1, 0.15) is 5.69 Å². The zero-order chi connectivity index (χ0) is 17.0. The van der Waals surface area contributed by atoms with E-state index >= 15 is 0 Å². The van der Waals surface area contributed by atoms with Crippen molar-refractivity contribution in [1.29, 1.82) is 0 Å². The molecule has 5 nitrogen and oxygen atoms in total. The van der Waals surface area contributed by atoms with Crippen molar-refractivity contribution < 1.29 is 31.5 Å². The standard InChI is InChI=1S/C13H10F5N3O2/c14-12(15)23-9-4-2-1-3-8(9)19-11(22)7-21-6-5-10(20-21)13(16,17)18/h1-6,12H,7H2,(H,19,22). The lowest BCUT2D eigenvalue weighted by Gasteiger charge is -2.11. The molecule has 0 aliphatic heterocycles. The molecule has 0 bridgehead atoms. The highest BCUT2D eigenvalue weighted by atomic mass is 19.4. The van der Waals surface area contributed by atoms with Gasteiger partial charge in [-0.25, -0.2) is 0 Å². The average molecular weight is 335 g/mol. The number of carbonyl (C=O) groups excluding carboxylic acids is 1. The lowest BCUT2D eigenvalue weighted by Crippen LogP contribution is -2.20. The Morgan fingerprint density at radius 2 is 1.96 bits per heavy atom. The minimum absolute atomic E-state index is 0.0269. The fourth-order valence-corrected chi connectivity index (χ4v) is 1.71. The van der Waals surface area contributed by atoms with Gasteiger partial charge in [0, 0.05) is 6.20 Å². The molecule has 0 unspecified atom stereocenters. The van der Waals surface area contributed by atoms with Crippen molar-refractivity contribution in [2.24, 2.45) is 0 Å². The van der Waals surface area contributed by atoms with Crippen LogP contribution in [-0.2, 0) is 17.5 Å². The lowest BCUT2D eigenvalue weighted by atomic mass is 10.3. The van der Waals surface area contributed by atoms with Gasteiger partial charge in [0.15, 0.2) is 5.69 Å². The van der Waals surface area contributed by atoms with Crippen LogP contribution < -0.4 is 10.1 Å². The van der Waals surface area contributed by atoms with E-state index in [1.165, 1.54) is 24.3 Å². The predicted molar refractivity (Wildman–Crippen MR) is 68.9 cm³/mol. The van der Waals surface area contributed by atoms with Gasteiger partial charge in [-0.2, -0.15) is 27.1 Å². The second kappa shape index (κ2) is 6.63. The van der Waals surface area contributed by atoms with E-state index in [-0.39, 0.29) is 11.4 Å². The Kier molecular flexibility index (Phi) is 4.82.